The van der Waals surface area contributed by atoms with Crippen molar-refractivity contribution in [3.05, 3.63) is 23.7 Å². The predicted octanol–water partition coefficient (Wildman–Crippen LogP) is 0.894. The van der Waals surface area contributed by atoms with E-state index in [-0.39, 0.29) is 40.4 Å². The summed E-state index contributed by atoms with van der Waals surface area (Å²) in [6.07, 6.45) is 4.89. The topological polar surface area (TPSA) is 128 Å². The predicted molar refractivity (Wildman–Crippen MR) is 102 cm³/mol. The lowest BCUT2D eigenvalue weighted by molar-refractivity contribution is -0.134. The van der Waals surface area contributed by atoms with E-state index in [4.69, 9.17) is 0 Å². The molecule has 1 atom stereocenters. The number of anilines is 1. The molecular formula is C19H21N7O3. The van der Waals surface area contributed by atoms with E-state index in [1.807, 2.05) is 22.8 Å². The second kappa shape index (κ2) is 7.16. The SMILES string of the molecule is C[C@@H]1CN(c2ncc(C#N)c(-c3cn(C)nc3C(=O)O)n2)CCN1C(=O)C1CC1. The molecule has 1 saturated heterocycles. The van der Waals surface area contributed by atoms with Crippen LogP contribution in [0, 0.1) is 17.2 Å². The number of aromatic nitrogens is 4. The molecular weight excluding hydrogens is 374 g/mol. The van der Waals surface area contributed by atoms with Gasteiger partial charge in [-0.1, -0.05) is 0 Å². The Balaban J connectivity index is 1.63. The van der Waals surface area contributed by atoms with Crippen LogP contribution in [0.25, 0.3) is 11.3 Å². The summed E-state index contributed by atoms with van der Waals surface area (Å²) in [5.41, 5.74) is 0.532. The summed E-state index contributed by atoms with van der Waals surface area (Å²) < 4.78 is 1.38. The third-order valence-electron chi connectivity index (χ3n) is 5.30. The van der Waals surface area contributed by atoms with E-state index >= 15 is 0 Å². The molecule has 0 aromatic carbocycles. The van der Waals surface area contributed by atoms with Crippen molar-refractivity contribution in [3.63, 3.8) is 0 Å². The van der Waals surface area contributed by atoms with Crippen molar-refractivity contribution in [2.24, 2.45) is 13.0 Å². The molecule has 2 aromatic rings. The maximum atomic E-state index is 12.4. The van der Waals surface area contributed by atoms with Crippen LogP contribution in [0.4, 0.5) is 5.95 Å². The van der Waals surface area contributed by atoms with Gasteiger partial charge in [-0.25, -0.2) is 14.8 Å². The van der Waals surface area contributed by atoms with E-state index in [2.05, 4.69) is 15.1 Å². The Labute approximate surface area is 167 Å². The number of aromatic carboxylic acids is 1. The van der Waals surface area contributed by atoms with E-state index in [1.165, 1.54) is 17.1 Å². The lowest BCUT2D eigenvalue weighted by atomic mass is 10.1. The van der Waals surface area contributed by atoms with Crippen LogP contribution in [0.5, 0.6) is 0 Å². The summed E-state index contributed by atoms with van der Waals surface area (Å²) in [6.45, 7) is 3.73. The molecule has 1 aliphatic carbocycles. The van der Waals surface area contributed by atoms with E-state index in [0.29, 0.717) is 25.6 Å². The Morgan fingerprint density at radius 3 is 2.69 bits per heavy atom. The van der Waals surface area contributed by atoms with Crippen molar-refractivity contribution < 1.29 is 14.7 Å². The first kappa shape index (κ1) is 18.9. The van der Waals surface area contributed by atoms with Crippen LogP contribution < -0.4 is 4.90 Å². The summed E-state index contributed by atoms with van der Waals surface area (Å²) in [7, 11) is 1.61. The van der Waals surface area contributed by atoms with Gasteiger partial charge in [0, 0.05) is 44.8 Å². The third kappa shape index (κ3) is 3.51. The standard InChI is InChI=1S/C19H21N7O3/c1-11-9-25(5-6-26(11)17(27)12-3-4-12)19-21-8-13(7-20)15(22-19)14-10-24(2)23-16(14)18(28)29/h8,10-12H,3-6,9H2,1-2H3,(H,28,29)/t11-/m1/s1. The number of hydrogen-bond acceptors (Lipinski definition) is 7. The van der Waals surface area contributed by atoms with Crippen molar-refractivity contribution in [2.75, 3.05) is 24.5 Å². The van der Waals surface area contributed by atoms with Crippen molar-refractivity contribution in [3.8, 4) is 17.3 Å². The minimum absolute atomic E-state index is 0.0208. The number of carbonyl (C=O) groups is 2. The smallest absolute Gasteiger partial charge is 0.357 e. The molecule has 0 radical (unpaired) electrons. The summed E-state index contributed by atoms with van der Waals surface area (Å²) in [5.74, 6) is -0.378. The summed E-state index contributed by atoms with van der Waals surface area (Å²) in [6, 6.07) is 2.04. The summed E-state index contributed by atoms with van der Waals surface area (Å²) >= 11 is 0. The molecule has 3 heterocycles. The molecule has 1 aliphatic heterocycles. The van der Waals surface area contributed by atoms with Crippen LogP contribution in [0.15, 0.2) is 12.4 Å². The zero-order valence-electron chi connectivity index (χ0n) is 16.2. The second-order valence-corrected chi connectivity index (χ2v) is 7.52. The lowest BCUT2D eigenvalue weighted by Gasteiger charge is -2.40. The van der Waals surface area contributed by atoms with E-state index in [1.54, 1.807) is 7.05 Å². The van der Waals surface area contributed by atoms with Gasteiger partial charge in [0.05, 0.1) is 23.0 Å². The molecule has 0 unspecified atom stereocenters. The van der Waals surface area contributed by atoms with Gasteiger partial charge in [-0.3, -0.25) is 9.48 Å². The van der Waals surface area contributed by atoms with Gasteiger partial charge in [0.1, 0.15) is 6.07 Å². The molecule has 2 aliphatic rings. The number of carboxylic acids is 1. The number of piperazine rings is 1. The van der Waals surface area contributed by atoms with Gasteiger partial charge in [0.25, 0.3) is 0 Å². The normalized spacial score (nSPS) is 19.1. The first-order valence-corrected chi connectivity index (χ1v) is 9.49. The molecule has 0 bridgehead atoms. The first-order valence-electron chi connectivity index (χ1n) is 9.49. The second-order valence-electron chi connectivity index (χ2n) is 7.52. The minimum atomic E-state index is -1.19. The van der Waals surface area contributed by atoms with Gasteiger partial charge < -0.3 is 14.9 Å². The van der Waals surface area contributed by atoms with Gasteiger partial charge in [0.15, 0.2) is 5.69 Å². The molecule has 4 rings (SSSR count). The fourth-order valence-corrected chi connectivity index (χ4v) is 3.66. The highest BCUT2D eigenvalue weighted by atomic mass is 16.4. The van der Waals surface area contributed by atoms with Crippen molar-refractivity contribution >= 4 is 17.8 Å². The number of aryl methyl sites for hydroxylation is 1. The summed E-state index contributed by atoms with van der Waals surface area (Å²) in [4.78, 5) is 36.7. The van der Waals surface area contributed by atoms with Crippen LogP contribution in [0.1, 0.15) is 35.8 Å². The van der Waals surface area contributed by atoms with Crippen molar-refractivity contribution in [1.29, 1.82) is 5.26 Å². The number of carbonyl (C=O) groups excluding carboxylic acids is 1. The minimum Gasteiger partial charge on any atom is -0.476 e. The molecule has 1 N–H and O–H groups in total. The zero-order chi connectivity index (χ0) is 20.7. The maximum Gasteiger partial charge on any atom is 0.357 e. The monoisotopic (exact) mass is 395 g/mol. The van der Waals surface area contributed by atoms with Crippen LogP contribution in [0.3, 0.4) is 0 Å². The molecule has 10 nitrogen and oxygen atoms in total. The van der Waals surface area contributed by atoms with Crippen LogP contribution in [0.2, 0.25) is 0 Å². The molecule has 1 amide bonds. The Morgan fingerprint density at radius 2 is 2.07 bits per heavy atom. The number of nitriles is 1. The third-order valence-corrected chi connectivity index (χ3v) is 5.30. The quantitative estimate of drug-likeness (QED) is 0.808. The van der Waals surface area contributed by atoms with Gasteiger partial charge in [0.2, 0.25) is 11.9 Å². The van der Waals surface area contributed by atoms with Crippen LogP contribution >= 0.6 is 0 Å². The Hall–Kier alpha value is -3.48. The molecule has 10 heteroatoms. The van der Waals surface area contributed by atoms with Crippen LogP contribution in [-0.2, 0) is 11.8 Å². The average Bonchev–Trinajstić information content (AvgIpc) is 3.48. The van der Waals surface area contributed by atoms with Crippen LogP contribution in [-0.4, -0.2) is 67.3 Å². The van der Waals surface area contributed by atoms with Gasteiger partial charge in [-0.2, -0.15) is 10.4 Å². The molecule has 0 spiro atoms. The first-order chi connectivity index (χ1) is 13.9. The average molecular weight is 395 g/mol. The lowest BCUT2D eigenvalue weighted by Crippen LogP contribution is -2.55. The highest BCUT2D eigenvalue weighted by Gasteiger charge is 2.37. The van der Waals surface area contributed by atoms with E-state index in [0.717, 1.165) is 12.8 Å². The fraction of sp³-hybridized carbons (Fsp3) is 0.474. The Bertz CT molecular complexity index is 1020. The van der Waals surface area contributed by atoms with E-state index < -0.39 is 5.97 Å². The number of nitrogens with zero attached hydrogens (tertiary/aromatic N) is 7. The molecule has 1 saturated carbocycles. The Kier molecular flexibility index (Phi) is 4.66. The van der Waals surface area contributed by atoms with E-state index in [9.17, 15) is 20.0 Å². The van der Waals surface area contributed by atoms with Gasteiger partial charge >= 0.3 is 5.97 Å². The van der Waals surface area contributed by atoms with Crippen molar-refractivity contribution in [1.82, 2.24) is 24.6 Å². The fourth-order valence-electron chi connectivity index (χ4n) is 3.66. The highest BCUT2D eigenvalue weighted by molar-refractivity contribution is 5.94. The number of hydrogen-bond donors (Lipinski definition) is 1. The number of carboxylic acid groups (broad SMARTS) is 1. The highest BCUT2D eigenvalue weighted by Crippen LogP contribution is 2.33. The molecule has 150 valence electrons. The molecule has 2 fully saturated rings. The number of rotatable bonds is 4. The molecule has 29 heavy (non-hydrogen) atoms. The molecule has 2 aromatic heterocycles. The van der Waals surface area contributed by atoms with Gasteiger partial charge in [-0.15, -0.1) is 0 Å². The summed E-state index contributed by atoms with van der Waals surface area (Å²) in [5, 5.41) is 22.8. The van der Waals surface area contributed by atoms with Gasteiger partial charge in [-0.05, 0) is 19.8 Å². The Morgan fingerprint density at radius 1 is 1.31 bits per heavy atom. The maximum absolute atomic E-state index is 12.4. The van der Waals surface area contributed by atoms with Crippen molar-refractivity contribution in [2.45, 2.75) is 25.8 Å². The largest absolute Gasteiger partial charge is 0.476 e. The zero-order valence-corrected chi connectivity index (χ0v) is 16.2. The number of amides is 1.